The van der Waals surface area contributed by atoms with E-state index in [1.54, 1.807) is 25.3 Å². The van der Waals surface area contributed by atoms with Crippen molar-refractivity contribution in [2.75, 3.05) is 31.1 Å². The Balaban J connectivity index is 1.56. The molecule has 0 atom stereocenters. The van der Waals surface area contributed by atoms with Gasteiger partial charge in [-0.2, -0.15) is 9.40 Å². The summed E-state index contributed by atoms with van der Waals surface area (Å²) in [5.41, 5.74) is 2.48. The first-order valence-electron chi connectivity index (χ1n) is 9.33. The SMILES string of the molecule is Cc1cc(C)n(C(=O)c2sccc2S(=O)(=O)N2CCN(c3ccccc3)CC2)n1. The van der Waals surface area contributed by atoms with E-state index >= 15 is 0 Å². The molecule has 4 rings (SSSR count). The van der Waals surface area contributed by atoms with Gasteiger partial charge < -0.3 is 4.90 Å². The molecular formula is C20H22N4O3S2. The van der Waals surface area contributed by atoms with E-state index in [0.717, 1.165) is 17.0 Å². The van der Waals surface area contributed by atoms with Crippen molar-refractivity contribution < 1.29 is 13.2 Å². The first-order chi connectivity index (χ1) is 13.9. The summed E-state index contributed by atoms with van der Waals surface area (Å²) >= 11 is 1.13. The van der Waals surface area contributed by atoms with Gasteiger partial charge in [0.15, 0.2) is 0 Å². The smallest absolute Gasteiger partial charge is 0.289 e. The zero-order valence-electron chi connectivity index (χ0n) is 16.3. The van der Waals surface area contributed by atoms with Crippen molar-refractivity contribution in [1.82, 2.24) is 14.1 Å². The van der Waals surface area contributed by atoms with Crippen LogP contribution in [0.25, 0.3) is 0 Å². The molecule has 0 N–H and O–H groups in total. The minimum absolute atomic E-state index is 0.0632. The van der Waals surface area contributed by atoms with E-state index in [0.29, 0.717) is 37.6 Å². The lowest BCUT2D eigenvalue weighted by Crippen LogP contribution is -2.48. The van der Waals surface area contributed by atoms with Crippen molar-refractivity contribution in [3.63, 3.8) is 0 Å². The Labute approximate surface area is 174 Å². The quantitative estimate of drug-likeness (QED) is 0.636. The Morgan fingerprint density at radius 1 is 1.03 bits per heavy atom. The highest BCUT2D eigenvalue weighted by atomic mass is 32.2. The van der Waals surface area contributed by atoms with Crippen LogP contribution >= 0.6 is 11.3 Å². The van der Waals surface area contributed by atoms with Gasteiger partial charge in [-0.15, -0.1) is 11.3 Å². The summed E-state index contributed by atoms with van der Waals surface area (Å²) in [6, 6.07) is 13.3. The molecule has 0 radical (unpaired) electrons. The summed E-state index contributed by atoms with van der Waals surface area (Å²) < 4.78 is 29.3. The van der Waals surface area contributed by atoms with Crippen LogP contribution < -0.4 is 4.90 Å². The van der Waals surface area contributed by atoms with Crippen molar-refractivity contribution in [2.24, 2.45) is 0 Å². The predicted octanol–water partition coefficient (Wildman–Crippen LogP) is 2.76. The molecule has 1 saturated heterocycles. The van der Waals surface area contributed by atoms with Gasteiger partial charge in [-0.25, -0.2) is 13.1 Å². The average Bonchev–Trinajstić information content (AvgIpc) is 3.35. The molecule has 1 aliphatic heterocycles. The standard InChI is InChI=1S/C20H22N4O3S2/c1-15-14-16(2)24(21-15)20(25)19-18(8-13-28-19)29(26,27)23-11-9-22(10-12-23)17-6-4-3-5-7-17/h3-8,13-14H,9-12H2,1-2H3. The summed E-state index contributed by atoms with van der Waals surface area (Å²) in [5.74, 6) is -0.410. The van der Waals surface area contributed by atoms with E-state index in [4.69, 9.17) is 0 Å². The van der Waals surface area contributed by atoms with Gasteiger partial charge in [0.2, 0.25) is 10.0 Å². The Morgan fingerprint density at radius 3 is 2.34 bits per heavy atom. The number of sulfonamides is 1. The summed E-state index contributed by atoms with van der Waals surface area (Å²) in [4.78, 5) is 15.4. The van der Waals surface area contributed by atoms with Crippen LogP contribution in [-0.2, 0) is 10.0 Å². The Morgan fingerprint density at radius 2 is 1.72 bits per heavy atom. The molecule has 9 heteroatoms. The molecule has 1 aromatic carbocycles. The maximum atomic E-state index is 13.3. The predicted molar refractivity (Wildman–Crippen MR) is 113 cm³/mol. The molecule has 0 bridgehead atoms. The Kier molecular flexibility index (Phi) is 5.28. The van der Waals surface area contributed by atoms with Gasteiger partial charge in [-0.05, 0) is 43.5 Å². The second-order valence-electron chi connectivity index (χ2n) is 6.98. The minimum atomic E-state index is -3.76. The molecular weight excluding hydrogens is 408 g/mol. The Hall–Kier alpha value is -2.49. The van der Waals surface area contributed by atoms with Crippen molar-refractivity contribution in [1.29, 1.82) is 0 Å². The lowest BCUT2D eigenvalue weighted by Gasteiger charge is -2.35. The number of carbonyl (C=O) groups excluding carboxylic acids is 1. The molecule has 7 nitrogen and oxygen atoms in total. The lowest BCUT2D eigenvalue weighted by atomic mass is 10.2. The first kappa shape index (κ1) is 19.8. The van der Waals surface area contributed by atoms with E-state index in [1.807, 2.05) is 30.3 Å². The number of para-hydroxylation sites is 1. The van der Waals surface area contributed by atoms with E-state index < -0.39 is 15.9 Å². The van der Waals surface area contributed by atoms with Gasteiger partial charge in [0, 0.05) is 37.6 Å². The number of thiophene rings is 1. The van der Waals surface area contributed by atoms with Crippen molar-refractivity contribution in [2.45, 2.75) is 18.7 Å². The molecule has 0 saturated carbocycles. The largest absolute Gasteiger partial charge is 0.369 e. The third-order valence-corrected chi connectivity index (χ3v) is 7.98. The minimum Gasteiger partial charge on any atom is -0.369 e. The maximum absolute atomic E-state index is 13.3. The summed E-state index contributed by atoms with van der Waals surface area (Å²) in [5, 5.41) is 5.85. The summed E-state index contributed by atoms with van der Waals surface area (Å²) in [7, 11) is -3.76. The van der Waals surface area contributed by atoms with Gasteiger partial charge >= 0.3 is 0 Å². The Bertz CT molecular complexity index is 1130. The molecule has 0 spiro atoms. The molecule has 29 heavy (non-hydrogen) atoms. The third kappa shape index (κ3) is 3.73. The summed E-state index contributed by atoms with van der Waals surface area (Å²) in [6.45, 7) is 5.54. The molecule has 1 fully saturated rings. The normalized spacial score (nSPS) is 15.6. The number of benzene rings is 1. The molecule has 3 aromatic rings. The monoisotopic (exact) mass is 430 g/mol. The molecule has 0 unspecified atom stereocenters. The second-order valence-corrected chi connectivity index (χ2v) is 9.81. The van der Waals surface area contributed by atoms with Gasteiger partial charge in [0.05, 0.1) is 5.69 Å². The van der Waals surface area contributed by atoms with Crippen molar-refractivity contribution >= 4 is 33.0 Å². The third-order valence-electron chi connectivity index (χ3n) is 5.00. The number of rotatable bonds is 4. The maximum Gasteiger partial charge on any atom is 0.289 e. The van der Waals surface area contributed by atoms with E-state index in [9.17, 15) is 13.2 Å². The highest BCUT2D eigenvalue weighted by molar-refractivity contribution is 7.89. The van der Waals surface area contributed by atoms with E-state index in [-0.39, 0.29) is 9.77 Å². The van der Waals surface area contributed by atoms with Gasteiger partial charge in [0.25, 0.3) is 5.91 Å². The van der Waals surface area contributed by atoms with Crippen LogP contribution in [0.2, 0.25) is 0 Å². The highest BCUT2D eigenvalue weighted by Crippen LogP contribution is 2.28. The van der Waals surface area contributed by atoms with Crippen LogP contribution in [0.15, 0.2) is 52.7 Å². The number of aromatic nitrogens is 2. The average molecular weight is 431 g/mol. The second kappa shape index (κ2) is 7.74. The van der Waals surface area contributed by atoms with E-state index in [1.165, 1.54) is 15.1 Å². The molecule has 0 aliphatic carbocycles. The van der Waals surface area contributed by atoms with Gasteiger partial charge in [0.1, 0.15) is 9.77 Å². The molecule has 0 amide bonds. The number of hydrogen-bond donors (Lipinski definition) is 0. The zero-order valence-corrected chi connectivity index (χ0v) is 17.9. The zero-order chi connectivity index (χ0) is 20.6. The lowest BCUT2D eigenvalue weighted by molar-refractivity contribution is 0.0943. The number of piperazine rings is 1. The number of anilines is 1. The fraction of sp³-hybridized carbons (Fsp3) is 0.300. The highest BCUT2D eigenvalue weighted by Gasteiger charge is 2.33. The molecule has 152 valence electrons. The van der Waals surface area contributed by atoms with Crippen LogP contribution in [0.1, 0.15) is 21.1 Å². The van der Waals surface area contributed by atoms with Crippen LogP contribution in [-0.4, -0.2) is 54.6 Å². The van der Waals surface area contributed by atoms with E-state index in [2.05, 4.69) is 10.00 Å². The topological polar surface area (TPSA) is 75.5 Å². The van der Waals surface area contributed by atoms with Crippen LogP contribution in [0.3, 0.4) is 0 Å². The molecule has 3 heterocycles. The van der Waals surface area contributed by atoms with Crippen LogP contribution in [0.5, 0.6) is 0 Å². The first-order valence-corrected chi connectivity index (χ1v) is 11.7. The van der Waals surface area contributed by atoms with Crippen LogP contribution in [0.4, 0.5) is 5.69 Å². The van der Waals surface area contributed by atoms with Crippen molar-refractivity contribution in [3.05, 3.63) is 64.1 Å². The number of carbonyl (C=O) groups is 1. The summed E-state index contributed by atoms with van der Waals surface area (Å²) in [6.07, 6.45) is 0. The van der Waals surface area contributed by atoms with Gasteiger partial charge in [-0.1, -0.05) is 18.2 Å². The number of aryl methyl sites for hydroxylation is 2. The number of nitrogens with zero attached hydrogens (tertiary/aromatic N) is 4. The number of hydrogen-bond acceptors (Lipinski definition) is 6. The fourth-order valence-electron chi connectivity index (χ4n) is 3.55. The van der Waals surface area contributed by atoms with Gasteiger partial charge in [-0.3, -0.25) is 4.79 Å². The molecule has 2 aromatic heterocycles. The van der Waals surface area contributed by atoms with Crippen molar-refractivity contribution in [3.8, 4) is 0 Å². The molecule has 1 aliphatic rings. The fourth-order valence-corrected chi connectivity index (χ4v) is 6.29. The van der Waals surface area contributed by atoms with Crippen LogP contribution in [0, 0.1) is 13.8 Å².